The van der Waals surface area contributed by atoms with Gasteiger partial charge in [-0.25, -0.2) is 4.98 Å². The minimum absolute atomic E-state index is 0.255. The molecule has 0 fully saturated rings. The number of ether oxygens (including phenoxy) is 2. The third-order valence-electron chi connectivity index (χ3n) is 4.14. The Morgan fingerprint density at radius 2 is 1.82 bits per heavy atom. The van der Waals surface area contributed by atoms with E-state index < -0.39 is 0 Å². The predicted molar refractivity (Wildman–Crippen MR) is 115 cm³/mol. The molecule has 0 aliphatic heterocycles. The third-order valence-corrected chi connectivity index (χ3v) is 5.41. The first-order valence-corrected chi connectivity index (χ1v) is 10.4. The van der Waals surface area contributed by atoms with E-state index in [1.807, 2.05) is 55.5 Å². The average Bonchev–Trinajstić information content (AvgIpc) is 2.68. The van der Waals surface area contributed by atoms with Crippen molar-refractivity contribution in [2.75, 3.05) is 7.11 Å². The van der Waals surface area contributed by atoms with Crippen LogP contribution in [0.15, 0.2) is 53.7 Å². The molecule has 2 aromatic carbocycles. The second-order valence-electron chi connectivity index (χ2n) is 6.70. The van der Waals surface area contributed by atoms with E-state index in [1.54, 1.807) is 7.11 Å². The largest absolute Gasteiger partial charge is 0.493 e. The van der Waals surface area contributed by atoms with Gasteiger partial charge in [-0.2, -0.15) is 4.98 Å². The number of rotatable bonds is 7. The standard InChI is InChI=1S/C22H23ClN2O2S/c1-14(2)18-12-21(27-19-10-9-15(3)11-20(19)26-4)25-22(24-18)28-13-16-7-5-6-8-17(16)23/h5-12,14H,13H2,1-4H3. The molecule has 0 aliphatic carbocycles. The summed E-state index contributed by atoms with van der Waals surface area (Å²) in [6, 6.07) is 15.5. The lowest BCUT2D eigenvalue weighted by atomic mass is 10.1. The van der Waals surface area contributed by atoms with E-state index in [1.165, 1.54) is 11.8 Å². The van der Waals surface area contributed by atoms with Crippen LogP contribution in [0.25, 0.3) is 0 Å². The Balaban J connectivity index is 1.86. The van der Waals surface area contributed by atoms with Crippen molar-refractivity contribution in [1.29, 1.82) is 0 Å². The van der Waals surface area contributed by atoms with Gasteiger partial charge in [0.15, 0.2) is 16.7 Å². The van der Waals surface area contributed by atoms with Crippen molar-refractivity contribution >= 4 is 23.4 Å². The predicted octanol–water partition coefficient (Wildman–Crippen LogP) is 6.66. The van der Waals surface area contributed by atoms with Gasteiger partial charge in [0.1, 0.15) is 0 Å². The van der Waals surface area contributed by atoms with E-state index in [-0.39, 0.29) is 5.92 Å². The number of hydrogen-bond acceptors (Lipinski definition) is 5. The quantitative estimate of drug-likeness (QED) is 0.319. The molecule has 0 bridgehead atoms. The lowest BCUT2D eigenvalue weighted by Gasteiger charge is -2.13. The maximum Gasteiger partial charge on any atom is 0.223 e. The molecule has 3 aromatic rings. The smallest absolute Gasteiger partial charge is 0.223 e. The van der Waals surface area contributed by atoms with E-state index in [4.69, 9.17) is 21.1 Å². The van der Waals surface area contributed by atoms with Crippen LogP contribution in [0.3, 0.4) is 0 Å². The average molecular weight is 415 g/mol. The van der Waals surface area contributed by atoms with Gasteiger partial charge in [0.2, 0.25) is 5.88 Å². The summed E-state index contributed by atoms with van der Waals surface area (Å²) in [7, 11) is 1.63. The van der Waals surface area contributed by atoms with E-state index in [0.29, 0.717) is 28.3 Å². The molecule has 0 aliphatic rings. The summed E-state index contributed by atoms with van der Waals surface area (Å²) in [5, 5.41) is 1.41. The number of thioether (sulfide) groups is 1. The molecule has 0 saturated carbocycles. The van der Waals surface area contributed by atoms with Crippen molar-refractivity contribution in [2.45, 2.75) is 37.6 Å². The zero-order chi connectivity index (χ0) is 20.1. The Morgan fingerprint density at radius 1 is 1.04 bits per heavy atom. The zero-order valence-corrected chi connectivity index (χ0v) is 18.0. The van der Waals surface area contributed by atoms with Crippen molar-refractivity contribution in [1.82, 2.24) is 9.97 Å². The number of nitrogens with zero attached hydrogens (tertiary/aromatic N) is 2. The second kappa shape index (κ2) is 9.30. The molecule has 146 valence electrons. The Bertz CT molecular complexity index is 963. The van der Waals surface area contributed by atoms with Gasteiger partial charge in [0, 0.05) is 16.8 Å². The van der Waals surface area contributed by atoms with Crippen molar-refractivity contribution in [3.05, 3.63) is 70.4 Å². The first-order valence-electron chi connectivity index (χ1n) is 9.04. The SMILES string of the molecule is COc1cc(C)ccc1Oc1cc(C(C)C)nc(SCc2ccccc2Cl)n1. The van der Waals surface area contributed by atoms with Crippen LogP contribution in [0.5, 0.6) is 17.4 Å². The molecule has 28 heavy (non-hydrogen) atoms. The summed E-state index contributed by atoms with van der Waals surface area (Å²) in [6.07, 6.45) is 0. The summed E-state index contributed by atoms with van der Waals surface area (Å²) in [5.41, 5.74) is 3.08. The van der Waals surface area contributed by atoms with Gasteiger partial charge in [0.05, 0.1) is 12.8 Å². The lowest BCUT2D eigenvalue weighted by molar-refractivity contribution is 0.371. The minimum Gasteiger partial charge on any atom is -0.493 e. The minimum atomic E-state index is 0.255. The number of aromatic nitrogens is 2. The first-order chi connectivity index (χ1) is 13.5. The summed E-state index contributed by atoms with van der Waals surface area (Å²) < 4.78 is 11.5. The van der Waals surface area contributed by atoms with Gasteiger partial charge >= 0.3 is 0 Å². The van der Waals surface area contributed by atoms with E-state index in [0.717, 1.165) is 21.8 Å². The highest BCUT2D eigenvalue weighted by Gasteiger charge is 2.13. The molecule has 0 radical (unpaired) electrons. The van der Waals surface area contributed by atoms with Crippen molar-refractivity contribution in [2.24, 2.45) is 0 Å². The van der Waals surface area contributed by atoms with Crippen LogP contribution in [0, 0.1) is 6.92 Å². The highest BCUT2D eigenvalue weighted by Crippen LogP contribution is 2.33. The van der Waals surface area contributed by atoms with E-state index in [2.05, 4.69) is 23.8 Å². The number of benzene rings is 2. The molecule has 4 nitrogen and oxygen atoms in total. The topological polar surface area (TPSA) is 44.2 Å². The van der Waals surface area contributed by atoms with Crippen LogP contribution in [-0.2, 0) is 5.75 Å². The number of methoxy groups -OCH3 is 1. The van der Waals surface area contributed by atoms with Crippen molar-refractivity contribution in [3.63, 3.8) is 0 Å². The molecular weight excluding hydrogens is 392 g/mol. The zero-order valence-electron chi connectivity index (χ0n) is 16.4. The molecule has 0 N–H and O–H groups in total. The Hall–Kier alpha value is -2.24. The molecule has 3 rings (SSSR count). The molecule has 1 heterocycles. The van der Waals surface area contributed by atoms with Gasteiger partial charge in [-0.15, -0.1) is 0 Å². The van der Waals surface area contributed by atoms with Gasteiger partial charge in [-0.3, -0.25) is 0 Å². The monoisotopic (exact) mass is 414 g/mol. The van der Waals surface area contributed by atoms with Crippen LogP contribution in [-0.4, -0.2) is 17.1 Å². The van der Waals surface area contributed by atoms with Crippen molar-refractivity contribution in [3.8, 4) is 17.4 Å². The Morgan fingerprint density at radius 3 is 2.54 bits per heavy atom. The molecule has 0 unspecified atom stereocenters. The molecular formula is C22H23ClN2O2S. The van der Waals surface area contributed by atoms with Crippen LogP contribution in [0.1, 0.15) is 36.6 Å². The fourth-order valence-corrected chi connectivity index (χ4v) is 3.71. The number of halogens is 1. The molecule has 1 aromatic heterocycles. The van der Waals surface area contributed by atoms with Gasteiger partial charge in [-0.05, 0) is 42.2 Å². The molecule has 0 atom stereocenters. The van der Waals surface area contributed by atoms with E-state index in [9.17, 15) is 0 Å². The van der Waals surface area contributed by atoms with Crippen LogP contribution in [0.2, 0.25) is 5.02 Å². The molecule has 6 heteroatoms. The highest BCUT2D eigenvalue weighted by molar-refractivity contribution is 7.98. The van der Waals surface area contributed by atoms with E-state index >= 15 is 0 Å². The first kappa shape index (κ1) is 20.5. The van der Waals surface area contributed by atoms with Crippen molar-refractivity contribution < 1.29 is 9.47 Å². The van der Waals surface area contributed by atoms with Crippen LogP contribution >= 0.6 is 23.4 Å². The third kappa shape index (κ3) is 5.18. The molecule has 0 spiro atoms. The summed E-state index contributed by atoms with van der Waals surface area (Å²) in [5.74, 6) is 2.75. The Labute approximate surface area is 175 Å². The lowest BCUT2D eigenvalue weighted by Crippen LogP contribution is -2.00. The summed E-state index contributed by atoms with van der Waals surface area (Å²) in [6.45, 7) is 6.21. The van der Waals surface area contributed by atoms with Crippen LogP contribution < -0.4 is 9.47 Å². The maximum atomic E-state index is 6.26. The van der Waals surface area contributed by atoms with Gasteiger partial charge in [-0.1, -0.05) is 61.5 Å². The molecule has 0 saturated heterocycles. The highest BCUT2D eigenvalue weighted by atomic mass is 35.5. The second-order valence-corrected chi connectivity index (χ2v) is 8.05. The van der Waals surface area contributed by atoms with Gasteiger partial charge < -0.3 is 9.47 Å². The summed E-state index contributed by atoms with van der Waals surface area (Å²) in [4.78, 5) is 9.26. The maximum absolute atomic E-state index is 6.26. The fourth-order valence-electron chi connectivity index (χ4n) is 2.56. The normalized spacial score (nSPS) is 10.9. The summed E-state index contributed by atoms with van der Waals surface area (Å²) >= 11 is 7.80. The van der Waals surface area contributed by atoms with Gasteiger partial charge in [0.25, 0.3) is 0 Å². The fraction of sp³-hybridized carbons (Fsp3) is 0.273. The number of hydrogen-bond donors (Lipinski definition) is 0. The number of aryl methyl sites for hydroxylation is 1. The van der Waals surface area contributed by atoms with Crippen LogP contribution in [0.4, 0.5) is 0 Å². The Kier molecular flexibility index (Phi) is 6.81. The molecule has 0 amide bonds.